The SMILES string of the molecule is O=C(c1cnc2cnn(C(=O)c3c(Cl)cccc3C(F)(F)F)c2c1)C1CC1. The largest absolute Gasteiger partial charge is 0.417 e. The number of aromatic nitrogens is 3. The number of halogens is 4. The maximum atomic E-state index is 13.3. The maximum Gasteiger partial charge on any atom is 0.417 e. The summed E-state index contributed by atoms with van der Waals surface area (Å²) in [7, 11) is 0. The molecule has 1 aliphatic carbocycles. The number of fused-ring (bicyclic) bond motifs is 1. The summed E-state index contributed by atoms with van der Waals surface area (Å²) in [5.74, 6) is -1.20. The minimum absolute atomic E-state index is 0.0586. The minimum atomic E-state index is -4.76. The second-order valence-corrected chi connectivity index (χ2v) is 6.70. The summed E-state index contributed by atoms with van der Waals surface area (Å²) in [5, 5.41) is 3.53. The normalized spacial score (nSPS) is 14.5. The van der Waals surface area contributed by atoms with Crippen LogP contribution in [0.3, 0.4) is 0 Å². The molecule has 1 aromatic carbocycles. The quantitative estimate of drug-likeness (QED) is 0.619. The van der Waals surface area contributed by atoms with Crippen molar-refractivity contribution < 1.29 is 22.8 Å². The van der Waals surface area contributed by atoms with Crippen LogP contribution >= 0.6 is 11.6 Å². The number of rotatable bonds is 3. The average Bonchev–Trinajstić information content (AvgIpc) is 3.38. The Morgan fingerprint density at radius 3 is 2.59 bits per heavy atom. The lowest BCUT2D eigenvalue weighted by atomic mass is 10.1. The van der Waals surface area contributed by atoms with Gasteiger partial charge < -0.3 is 0 Å². The van der Waals surface area contributed by atoms with E-state index in [0.29, 0.717) is 5.56 Å². The molecule has 1 fully saturated rings. The van der Waals surface area contributed by atoms with Crippen molar-refractivity contribution in [3.8, 4) is 0 Å². The summed E-state index contributed by atoms with van der Waals surface area (Å²) in [4.78, 5) is 29.2. The Hall–Kier alpha value is -2.74. The van der Waals surface area contributed by atoms with Crippen LogP contribution in [0.15, 0.2) is 36.7 Å². The molecule has 0 atom stereocenters. The van der Waals surface area contributed by atoms with Gasteiger partial charge in [0, 0.05) is 17.7 Å². The van der Waals surface area contributed by atoms with Crippen LogP contribution in [0, 0.1) is 5.92 Å². The number of carbonyl (C=O) groups is 2. The number of Topliss-reactive ketones (excluding diaryl/α,β-unsaturated/α-hetero) is 1. The van der Waals surface area contributed by atoms with Gasteiger partial charge >= 0.3 is 6.18 Å². The van der Waals surface area contributed by atoms with Crippen LogP contribution in [0.2, 0.25) is 5.02 Å². The summed E-state index contributed by atoms with van der Waals surface area (Å²) in [6.45, 7) is 0. The van der Waals surface area contributed by atoms with Crippen molar-refractivity contribution in [3.05, 3.63) is 58.4 Å². The highest BCUT2D eigenvalue weighted by Crippen LogP contribution is 2.36. The monoisotopic (exact) mass is 393 g/mol. The van der Waals surface area contributed by atoms with Gasteiger partial charge in [-0.3, -0.25) is 14.6 Å². The third kappa shape index (κ3) is 3.10. The highest BCUT2D eigenvalue weighted by atomic mass is 35.5. The summed E-state index contributed by atoms with van der Waals surface area (Å²) in [6, 6.07) is 4.54. The van der Waals surface area contributed by atoms with Crippen molar-refractivity contribution in [1.82, 2.24) is 14.8 Å². The van der Waals surface area contributed by atoms with E-state index in [1.165, 1.54) is 24.5 Å². The van der Waals surface area contributed by atoms with E-state index in [-0.39, 0.29) is 27.8 Å². The Balaban J connectivity index is 1.85. The summed E-state index contributed by atoms with van der Waals surface area (Å²) in [5.41, 5.74) is -1.11. The number of pyridine rings is 1. The van der Waals surface area contributed by atoms with E-state index in [2.05, 4.69) is 10.1 Å². The predicted molar refractivity (Wildman–Crippen MR) is 90.8 cm³/mol. The Morgan fingerprint density at radius 1 is 1.19 bits per heavy atom. The van der Waals surface area contributed by atoms with E-state index >= 15 is 0 Å². The standard InChI is InChI=1S/C18H11ClF3N3O2/c19-12-3-1-2-11(18(20,21)22)15(12)17(27)25-14-6-10(16(26)9-4-5-9)7-23-13(14)8-24-25/h1-3,6-9H,4-5H2. The molecule has 0 spiro atoms. The van der Waals surface area contributed by atoms with Crippen LogP contribution in [-0.4, -0.2) is 26.5 Å². The molecule has 0 amide bonds. The van der Waals surface area contributed by atoms with E-state index in [1.807, 2.05) is 0 Å². The molecule has 9 heteroatoms. The molecule has 0 aliphatic heterocycles. The van der Waals surface area contributed by atoms with Crippen LogP contribution in [-0.2, 0) is 6.18 Å². The zero-order chi connectivity index (χ0) is 19.3. The Kier molecular flexibility index (Phi) is 4.03. The molecule has 0 bridgehead atoms. The van der Waals surface area contributed by atoms with Gasteiger partial charge in [-0.25, -0.2) is 0 Å². The van der Waals surface area contributed by atoms with Gasteiger partial charge in [0.05, 0.1) is 27.9 Å². The maximum absolute atomic E-state index is 13.3. The van der Waals surface area contributed by atoms with Crippen LogP contribution in [0.5, 0.6) is 0 Å². The third-order valence-electron chi connectivity index (χ3n) is 4.38. The number of nitrogens with zero attached hydrogens (tertiary/aromatic N) is 3. The molecule has 2 heterocycles. The number of benzene rings is 1. The van der Waals surface area contributed by atoms with Crippen molar-refractivity contribution in [3.63, 3.8) is 0 Å². The molecular formula is C18H11ClF3N3O2. The van der Waals surface area contributed by atoms with Gasteiger partial charge in [-0.2, -0.15) is 23.0 Å². The zero-order valence-electron chi connectivity index (χ0n) is 13.6. The van der Waals surface area contributed by atoms with Crippen molar-refractivity contribution in [1.29, 1.82) is 0 Å². The molecule has 138 valence electrons. The Bertz CT molecular complexity index is 1090. The average molecular weight is 394 g/mol. The van der Waals surface area contributed by atoms with Crippen LogP contribution in [0.1, 0.15) is 39.1 Å². The van der Waals surface area contributed by atoms with Crippen LogP contribution < -0.4 is 0 Å². The highest BCUT2D eigenvalue weighted by molar-refractivity contribution is 6.34. The van der Waals surface area contributed by atoms with Gasteiger partial charge in [0.15, 0.2) is 5.78 Å². The van der Waals surface area contributed by atoms with E-state index in [1.54, 1.807) is 0 Å². The molecule has 2 aromatic heterocycles. The van der Waals surface area contributed by atoms with Gasteiger partial charge in [-0.1, -0.05) is 17.7 Å². The van der Waals surface area contributed by atoms with E-state index < -0.39 is 23.2 Å². The van der Waals surface area contributed by atoms with Gasteiger partial charge in [-0.15, -0.1) is 0 Å². The second kappa shape index (κ2) is 6.16. The first kappa shape index (κ1) is 17.7. The molecule has 27 heavy (non-hydrogen) atoms. The van der Waals surface area contributed by atoms with Crippen molar-refractivity contribution in [2.75, 3.05) is 0 Å². The van der Waals surface area contributed by atoms with E-state index in [4.69, 9.17) is 11.6 Å². The lowest BCUT2D eigenvalue weighted by molar-refractivity contribution is -0.137. The molecule has 4 rings (SSSR count). The fourth-order valence-electron chi connectivity index (χ4n) is 2.87. The lowest BCUT2D eigenvalue weighted by Gasteiger charge is -2.13. The van der Waals surface area contributed by atoms with Crippen molar-refractivity contribution in [2.24, 2.45) is 5.92 Å². The van der Waals surface area contributed by atoms with Gasteiger partial charge in [0.25, 0.3) is 5.91 Å². The summed E-state index contributed by atoms with van der Waals surface area (Å²) >= 11 is 5.90. The highest BCUT2D eigenvalue weighted by Gasteiger charge is 2.37. The zero-order valence-corrected chi connectivity index (χ0v) is 14.4. The fourth-order valence-corrected chi connectivity index (χ4v) is 3.12. The molecule has 1 saturated carbocycles. The smallest absolute Gasteiger partial charge is 0.294 e. The predicted octanol–water partition coefficient (Wildman–Crippen LogP) is 4.38. The number of hydrogen-bond acceptors (Lipinski definition) is 4. The number of ketones is 1. The number of carbonyl (C=O) groups excluding carboxylic acids is 2. The molecule has 1 aliphatic rings. The van der Waals surface area contributed by atoms with E-state index in [9.17, 15) is 22.8 Å². The van der Waals surface area contributed by atoms with Gasteiger partial charge in [-0.05, 0) is 31.0 Å². The summed E-state index contributed by atoms with van der Waals surface area (Å²) in [6.07, 6.45) is -0.531. The summed E-state index contributed by atoms with van der Waals surface area (Å²) < 4.78 is 40.7. The molecule has 5 nitrogen and oxygen atoms in total. The van der Waals surface area contributed by atoms with Gasteiger partial charge in [0.1, 0.15) is 5.52 Å². The Morgan fingerprint density at radius 2 is 1.93 bits per heavy atom. The Labute approximate surface area is 155 Å². The van der Waals surface area contributed by atoms with E-state index in [0.717, 1.165) is 29.7 Å². The van der Waals surface area contributed by atoms with Crippen molar-refractivity contribution in [2.45, 2.75) is 19.0 Å². The van der Waals surface area contributed by atoms with Crippen LogP contribution in [0.4, 0.5) is 13.2 Å². The molecule has 0 saturated heterocycles. The number of alkyl halides is 3. The first-order valence-electron chi connectivity index (χ1n) is 8.06. The van der Waals surface area contributed by atoms with Gasteiger partial charge in [0.2, 0.25) is 0 Å². The minimum Gasteiger partial charge on any atom is -0.294 e. The molecule has 0 N–H and O–H groups in total. The van der Waals surface area contributed by atoms with Crippen molar-refractivity contribution >= 4 is 34.3 Å². The molecular weight excluding hydrogens is 383 g/mol. The second-order valence-electron chi connectivity index (χ2n) is 6.29. The lowest BCUT2D eigenvalue weighted by Crippen LogP contribution is -2.20. The van der Waals surface area contributed by atoms with Crippen LogP contribution in [0.25, 0.3) is 11.0 Å². The first-order valence-corrected chi connectivity index (χ1v) is 8.43. The molecule has 3 aromatic rings. The molecule has 0 unspecified atom stereocenters. The topological polar surface area (TPSA) is 64.8 Å². The fraction of sp³-hybridized carbons (Fsp3) is 0.222. The first-order chi connectivity index (χ1) is 12.8. The molecule has 0 radical (unpaired) electrons. The number of hydrogen-bond donors (Lipinski definition) is 0. The third-order valence-corrected chi connectivity index (χ3v) is 4.69.